The van der Waals surface area contributed by atoms with Gasteiger partial charge in [-0.05, 0) is 23.8 Å². The molecule has 1 amide bonds. The van der Waals surface area contributed by atoms with Crippen LogP contribution in [0.5, 0.6) is 11.5 Å². The Morgan fingerprint density at radius 2 is 2.00 bits per heavy atom. The Labute approximate surface area is 151 Å². The van der Waals surface area contributed by atoms with Crippen LogP contribution in [0.25, 0.3) is 0 Å². The maximum atomic E-state index is 12.4. The molecule has 0 aromatic heterocycles. The second-order valence-corrected chi connectivity index (χ2v) is 5.65. The lowest BCUT2D eigenvalue weighted by molar-refractivity contribution is 0.0948. The number of halogens is 1. The van der Waals surface area contributed by atoms with E-state index in [1.807, 2.05) is 24.3 Å². The van der Waals surface area contributed by atoms with Crippen LogP contribution in [0.3, 0.4) is 0 Å². The zero-order valence-corrected chi connectivity index (χ0v) is 14.9. The van der Waals surface area contributed by atoms with E-state index in [1.165, 1.54) is 19.2 Å². The van der Waals surface area contributed by atoms with Gasteiger partial charge in [0.15, 0.2) is 0 Å². The van der Waals surface area contributed by atoms with Crippen LogP contribution in [0.15, 0.2) is 36.4 Å². The lowest BCUT2D eigenvalue weighted by Gasteiger charge is -2.12. The summed E-state index contributed by atoms with van der Waals surface area (Å²) in [5, 5.41) is 3.14. The number of nitrogens with two attached hydrogens (primary N) is 1. The van der Waals surface area contributed by atoms with Gasteiger partial charge < -0.3 is 25.3 Å². The summed E-state index contributed by atoms with van der Waals surface area (Å²) in [4.78, 5) is 12.4. The number of carbonyl (C=O) groups excluding carboxylic acids is 1. The predicted molar refractivity (Wildman–Crippen MR) is 97.4 cm³/mol. The normalized spacial score (nSPS) is 10.4. The molecular weight excluding hydrogens is 344 g/mol. The summed E-state index contributed by atoms with van der Waals surface area (Å²) in [7, 11) is 3.09. The number of nitrogens with one attached hydrogen (secondary N) is 1. The van der Waals surface area contributed by atoms with Crippen LogP contribution in [-0.4, -0.2) is 33.3 Å². The second-order valence-electron chi connectivity index (χ2n) is 5.25. The third-order valence-electron chi connectivity index (χ3n) is 3.47. The molecule has 0 aliphatic heterocycles. The van der Waals surface area contributed by atoms with Crippen LogP contribution in [0, 0.1) is 0 Å². The molecule has 0 aliphatic carbocycles. The number of benzene rings is 2. The molecule has 0 fully saturated rings. The van der Waals surface area contributed by atoms with Crippen molar-refractivity contribution >= 4 is 23.2 Å². The van der Waals surface area contributed by atoms with Gasteiger partial charge in [0, 0.05) is 19.7 Å². The number of hydrogen-bond donors (Lipinski definition) is 2. The molecule has 0 saturated carbocycles. The standard InChI is InChI=1S/C18H21ClN2O4/c1-23-6-7-25-13-5-3-4-12(8-13)11-21-18(22)14-9-15(19)16(20)10-17(14)24-2/h3-5,8-10H,6-7,11,20H2,1-2H3,(H,21,22). The average molecular weight is 365 g/mol. The monoisotopic (exact) mass is 364 g/mol. The number of amides is 1. The van der Waals surface area contributed by atoms with E-state index in [9.17, 15) is 4.79 Å². The number of nitrogen functional groups attached to an aromatic ring is 1. The molecule has 7 heteroatoms. The Bertz CT molecular complexity index is 737. The molecule has 0 saturated heterocycles. The summed E-state index contributed by atoms with van der Waals surface area (Å²) in [6.45, 7) is 1.32. The van der Waals surface area contributed by atoms with Crippen molar-refractivity contribution in [3.05, 3.63) is 52.5 Å². The highest BCUT2D eigenvalue weighted by Crippen LogP contribution is 2.28. The molecule has 0 aliphatic rings. The van der Waals surface area contributed by atoms with Crippen molar-refractivity contribution in [3.63, 3.8) is 0 Å². The van der Waals surface area contributed by atoms with E-state index in [1.54, 1.807) is 7.11 Å². The summed E-state index contributed by atoms with van der Waals surface area (Å²) < 4.78 is 15.7. The van der Waals surface area contributed by atoms with Crippen molar-refractivity contribution in [2.45, 2.75) is 6.54 Å². The molecule has 2 aromatic rings. The zero-order chi connectivity index (χ0) is 18.2. The zero-order valence-electron chi connectivity index (χ0n) is 14.2. The Morgan fingerprint density at radius 1 is 1.20 bits per heavy atom. The van der Waals surface area contributed by atoms with E-state index in [4.69, 9.17) is 31.5 Å². The molecule has 6 nitrogen and oxygen atoms in total. The lowest BCUT2D eigenvalue weighted by Crippen LogP contribution is -2.23. The fraction of sp³-hybridized carbons (Fsp3) is 0.278. The van der Waals surface area contributed by atoms with E-state index in [0.717, 1.165) is 11.3 Å². The molecule has 3 N–H and O–H groups in total. The Morgan fingerprint density at radius 3 is 2.72 bits per heavy atom. The molecule has 0 spiro atoms. The van der Waals surface area contributed by atoms with Crippen molar-refractivity contribution in [3.8, 4) is 11.5 Å². The third kappa shape index (κ3) is 5.27. The van der Waals surface area contributed by atoms with Crippen LogP contribution in [-0.2, 0) is 11.3 Å². The Balaban J connectivity index is 2.03. The summed E-state index contributed by atoms with van der Waals surface area (Å²) in [6.07, 6.45) is 0. The minimum Gasteiger partial charge on any atom is -0.496 e. The first-order chi connectivity index (χ1) is 12.0. The quantitative estimate of drug-likeness (QED) is 0.556. The maximum Gasteiger partial charge on any atom is 0.255 e. The smallest absolute Gasteiger partial charge is 0.255 e. The van der Waals surface area contributed by atoms with Crippen LogP contribution >= 0.6 is 11.6 Å². The summed E-state index contributed by atoms with van der Waals surface area (Å²) >= 11 is 6.00. The van der Waals surface area contributed by atoms with Gasteiger partial charge in [0.05, 0.1) is 30.0 Å². The van der Waals surface area contributed by atoms with Gasteiger partial charge in [0.25, 0.3) is 5.91 Å². The predicted octanol–water partition coefficient (Wildman–Crippen LogP) is 2.89. The Hall–Kier alpha value is -2.44. The van der Waals surface area contributed by atoms with E-state index in [2.05, 4.69) is 5.32 Å². The Kier molecular flexibility index (Phi) is 6.91. The first kappa shape index (κ1) is 18.9. The third-order valence-corrected chi connectivity index (χ3v) is 3.80. The van der Waals surface area contributed by atoms with Crippen LogP contribution < -0.4 is 20.5 Å². The van der Waals surface area contributed by atoms with Crippen molar-refractivity contribution in [1.29, 1.82) is 0 Å². The molecular formula is C18H21ClN2O4. The van der Waals surface area contributed by atoms with E-state index in [0.29, 0.717) is 41.8 Å². The fourth-order valence-corrected chi connectivity index (χ4v) is 2.34. The molecule has 134 valence electrons. The minimum atomic E-state index is -0.301. The molecule has 0 atom stereocenters. The minimum absolute atomic E-state index is 0.301. The molecule has 0 heterocycles. The number of ether oxygens (including phenoxy) is 3. The number of anilines is 1. The largest absolute Gasteiger partial charge is 0.496 e. The van der Waals surface area contributed by atoms with Crippen LogP contribution in [0.4, 0.5) is 5.69 Å². The van der Waals surface area contributed by atoms with E-state index >= 15 is 0 Å². The molecule has 0 unspecified atom stereocenters. The lowest BCUT2D eigenvalue weighted by atomic mass is 10.1. The summed E-state index contributed by atoms with van der Waals surface area (Å²) in [5.41, 5.74) is 7.32. The van der Waals surface area contributed by atoms with Gasteiger partial charge in [-0.2, -0.15) is 0 Å². The highest BCUT2D eigenvalue weighted by Gasteiger charge is 2.15. The highest BCUT2D eigenvalue weighted by atomic mass is 35.5. The first-order valence-corrected chi connectivity index (χ1v) is 8.05. The molecule has 25 heavy (non-hydrogen) atoms. The van der Waals surface area contributed by atoms with Gasteiger partial charge in [0.2, 0.25) is 0 Å². The number of methoxy groups -OCH3 is 2. The van der Waals surface area contributed by atoms with Gasteiger partial charge in [-0.25, -0.2) is 0 Å². The van der Waals surface area contributed by atoms with Gasteiger partial charge in [-0.3, -0.25) is 4.79 Å². The number of rotatable bonds is 8. The fourth-order valence-electron chi connectivity index (χ4n) is 2.18. The topological polar surface area (TPSA) is 82.8 Å². The second kappa shape index (κ2) is 9.15. The van der Waals surface area contributed by atoms with Crippen molar-refractivity contribution in [2.24, 2.45) is 0 Å². The maximum absolute atomic E-state index is 12.4. The first-order valence-electron chi connectivity index (χ1n) is 7.67. The van der Waals surface area contributed by atoms with E-state index in [-0.39, 0.29) is 5.91 Å². The number of carbonyl (C=O) groups is 1. The molecule has 0 bridgehead atoms. The van der Waals surface area contributed by atoms with Gasteiger partial charge in [-0.1, -0.05) is 23.7 Å². The molecule has 2 aromatic carbocycles. The highest BCUT2D eigenvalue weighted by molar-refractivity contribution is 6.33. The summed E-state index contributed by atoms with van der Waals surface area (Å²) in [5.74, 6) is 0.789. The summed E-state index contributed by atoms with van der Waals surface area (Å²) in [6, 6.07) is 10.5. The van der Waals surface area contributed by atoms with Crippen molar-refractivity contribution in [2.75, 3.05) is 33.2 Å². The molecule has 0 radical (unpaired) electrons. The van der Waals surface area contributed by atoms with Crippen molar-refractivity contribution < 1.29 is 19.0 Å². The molecule has 2 rings (SSSR count). The average Bonchev–Trinajstić information content (AvgIpc) is 2.62. The van der Waals surface area contributed by atoms with E-state index < -0.39 is 0 Å². The van der Waals surface area contributed by atoms with Gasteiger partial charge in [-0.15, -0.1) is 0 Å². The number of hydrogen-bond acceptors (Lipinski definition) is 5. The van der Waals surface area contributed by atoms with Crippen molar-refractivity contribution in [1.82, 2.24) is 5.32 Å². The van der Waals surface area contributed by atoms with Gasteiger partial charge in [0.1, 0.15) is 18.1 Å². The van der Waals surface area contributed by atoms with Crippen LogP contribution in [0.2, 0.25) is 5.02 Å². The van der Waals surface area contributed by atoms with Gasteiger partial charge >= 0.3 is 0 Å². The van der Waals surface area contributed by atoms with Crippen LogP contribution in [0.1, 0.15) is 15.9 Å². The SMILES string of the molecule is COCCOc1cccc(CNC(=O)c2cc(Cl)c(N)cc2OC)c1.